The van der Waals surface area contributed by atoms with Crippen LogP contribution in [-0.2, 0) is 9.59 Å². The summed E-state index contributed by atoms with van der Waals surface area (Å²) in [5.41, 5.74) is 0.899. The fraction of sp³-hybridized carbons (Fsp3) is 0.429. The van der Waals surface area contributed by atoms with Gasteiger partial charge < -0.3 is 14.7 Å². The largest absolute Gasteiger partial charge is 0.497 e. The zero-order chi connectivity index (χ0) is 14.0. The standard InChI is InChI=1S/C14H17NO4/c1-9(16)15-7-6-12(13(15)14(17)18)10-4-3-5-11(8-10)19-2/h3-5,8,12-13H,6-7H2,1-2H3,(H,17,18)/t12-,13+/m0/s1. The van der Waals surface area contributed by atoms with E-state index in [1.165, 1.54) is 11.8 Å². The average molecular weight is 263 g/mol. The van der Waals surface area contributed by atoms with Crippen molar-refractivity contribution >= 4 is 11.9 Å². The zero-order valence-electron chi connectivity index (χ0n) is 11.0. The number of carboxylic acid groups (broad SMARTS) is 1. The first-order chi connectivity index (χ1) is 9.04. The van der Waals surface area contributed by atoms with E-state index in [-0.39, 0.29) is 11.8 Å². The molecular formula is C14H17NO4. The molecule has 2 rings (SSSR count). The molecule has 2 atom stereocenters. The molecule has 0 radical (unpaired) electrons. The van der Waals surface area contributed by atoms with Crippen LogP contribution in [0.1, 0.15) is 24.8 Å². The van der Waals surface area contributed by atoms with Crippen LogP contribution in [0.4, 0.5) is 0 Å². The number of methoxy groups -OCH3 is 1. The summed E-state index contributed by atoms with van der Waals surface area (Å²) < 4.78 is 5.16. The molecule has 1 N–H and O–H groups in total. The molecule has 1 saturated heterocycles. The summed E-state index contributed by atoms with van der Waals surface area (Å²) in [5, 5.41) is 9.37. The second kappa shape index (κ2) is 5.30. The third kappa shape index (κ3) is 2.54. The summed E-state index contributed by atoms with van der Waals surface area (Å²) in [6.45, 7) is 1.89. The third-order valence-electron chi connectivity index (χ3n) is 3.58. The van der Waals surface area contributed by atoms with Crippen molar-refractivity contribution in [2.75, 3.05) is 13.7 Å². The van der Waals surface area contributed by atoms with E-state index in [0.717, 1.165) is 5.56 Å². The van der Waals surface area contributed by atoms with Gasteiger partial charge in [-0.3, -0.25) is 4.79 Å². The monoisotopic (exact) mass is 263 g/mol. The molecule has 1 aromatic rings. The Labute approximate surface area is 111 Å². The molecule has 0 saturated carbocycles. The van der Waals surface area contributed by atoms with Crippen LogP contribution in [0.25, 0.3) is 0 Å². The molecule has 0 bridgehead atoms. The Balaban J connectivity index is 2.33. The molecule has 1 heterocycles. The van der Waals surface area contributed by atoms with Crippen molar-refractivity contribution in [2.45, 2.75) is 25.3 Å². The van der Waals surface area contributed by atoms with E-state index in [4.69, 9.17) is 4.74 Å². The van der Waals surface area contributed by atoms with Crippen LogP contribution in [-0.4, -0.2) is 41.6 Å². The van der Waals surface area contributed by atoms with Crippen LogP contribution in [0.2, 0.25) is 0 Å². The van der Waals surface area contributed by atoms with Crippen molar-refractivity contribution in [2.24, 2.45) is 0 Å². The number of amides is 1. The van der Waals surface area contributed by atoms with Crippen molar-refractivity contribution in [3.63, 3.8) is 0 Å². The van der Waals surface area contributed by atoms with E-state index in [9.17, 15) is 14.7 Å². The van der Waals surface area contributed by atoms with E-state index in [1.807, 2.05) is 24.3 Å². The van der Waals surface area contributed by atoms with Gasteiger partial charge in [0.1, 0.15) is 11.8 Å². The van der Waals surface area contributed by atoms with Crippen LogP contribution in [0, 0.1) is 0 Å². The molecule has 0 aromatic heterocycles. The Morgan fingerprint density at radius 1 is 1.42 bits per heavy atom. The Kier molecular flexibility index (Phi) is 3.74. The van der Waals surface area contributed by atoms with Gasteiger partial charge in [-0.15, -0.1) is 0 Å². The lowest BCUT2D eigenvalue weighted by atomic mass is 9.91. The van der Waals surface area contributed by atoms with Crippen molar-refractivity contribution in [3.05, 3.63) is 29.8 Å². The number of rotatable bonds is 3. The maximum absolute atomic E-state index is 11.5. The first-order valence-electron chi connectivity index (χ1n) is 6.18. The number of carbonyl (C=O) groups excluding carboxylic acids is 1. The Morgan fingerprint density at radius 3 is 2.74 bits per heavy atom. The summed E-state index contributed by atoms with van der Waals surface area (Å²) in [4.78, 5) is 24.4. The van der Waals surface area contributed by atoms with Gasteiger partial charge in [0.2, 0.25) is 5.91 Å². The maximum Gasteiger partial charge on any atom is 0.327 e. The molecule has 0 spiro atoms. The molecule has 0 aliphatic carbocycles. The number of hydrogen-bond acceptors (Lipinski definition) is 3. The molecule has 1 fully saturated rings. The first-order valence-corrected chi connectivity index (χ1v) is 6.18. The Hall–Kier alpha value is -2.04. The molecule has 102 valence electrons. The number of benzene rings is 1. The van der Waals surface area contributed by atoms with Crippen molar-refractivity contribution in [1.29, 1.82) is 0 Å². The summed E-state index contributed by atoms with van der Waals surface area (Å²) in [6, 6.07) is 6.59. The number of nitrogens with zero attached hydrogens (tertiary/aromatic N) is 1. The summed E-state index contributed by atoms with van der Waals surface area (Å²) in [6.07, 6.45) is 0.656. The summed E-state index contributed by atoms with van der Waals surface area (Å²) in [5.74, 6) is -0.641. The second-order valence-corrected chi connectivity index (χ2v) is 4.67. The van der Waals surface area contributed by atoms with Gasteiger partial charge in [-0.2, -0.15) is 0 Å². The minimum atomic E-state index is -0.958. The lowest BCUT2D eigenvalue weighted by molar-refractivity contribution is -0.147. The molecule has 19 heavy (non-hydrogen) atoms. The van der Waals surface area contributed by atoms with Gasteiger partial charge in [0.15, 0.2) is 0 Å². The smallest absolute Gasteiger partial charge is 0.327 e. The van der Waals surface area contributed by atoms with Gasteiger partial charge in [0.25, 0.3) is 0 Å². The average Bonchev–Trinajstić information content (AvgIpc) is 2.83. The normalized spacial score (nSPS) is 22.3. The number of aliphatic carboxylic acids is 1. The highest BCUT2D eigenvalue weighted by molar-refractivity contribution is 5.84. The second-order valence-electron chi connectivity index (χ2n) is 4.67. The highest BCUT2D eigenvalue weighted by atomic mass is 16.5. The highest BCUT2D eigenvalue weighted by Gasteiger charge is 2.41. The molecule has 0 unspecified atom stereocenters. The van der Waals surface area contributed by atoms with Gasteiger partial charge in [-0.25, -0.2) is 4.79 Å². The molecule has 1 amide bonds. The van der Waals surface area contributed by atoms with Gasteiger partial charge >= 0.3 is 5.97 Å². The summed E-state index contributed by atoms with van der Waals surface area (Å²) in [7, 11) is 1.57. The van der Waals surface area contributed by atoms with Crippen LogP contribution >= 0.6 is 0 Å². The highest BCUT2D eigenvalue weighted by Crippen LogP contribution is 2.35. The van der Waals surface area contributed by atoms with Crippen molar-refractivity contribution < 1.29 is 19.4 Å². The van der Waals surface area contributed by atoms with E-state index in [0.29, 0.717) is 18.7 Å². The number of hydrogen-bond donors (Lipinski definition) is 1. The lowest BCUT2D eigenvalue weighted by Gasteiger charge is -2.23. The third-order valence-corrected chi connectivity index (χ3v) is 3.58. The van der Waals surface area contributed by atoms with Crippen LogP contribution in [0.5, 0.6) is 5.75 Å². The molecule has 1 aliphatic rings. The van der Waals surface area contributed by atoms with Crippen molar-refractivity contribution in [1.82, 2.24) is 4.90 Å². The topological polar surface area (TPSA) is 66.8 Å². The fourth-order valence-electron chi connectivity index (χ4n) is 2.67. The minimum Gasteiger partial charge on any atom is -0.497 e. The van der Waals surface area contributed by atoms with E-state index in [2.05, 4.69) is 0 Å². The molecule has 1 aliphatic heterocycles. The number of carboxylic acids is 1. The minimum absolute atomic E-state index is 0.184. The van der Waals surface area contributed by atoms with Gasteiger partial charge in [0, 0.05) is 19.4 Å². The lowest BCUT2D eigenvalue weighted by Crippen LogP contribution is -2.41. The van der Waals surface area contributed by atoms with Crippen molar-refractivity contribution in [3.8, 4) is 5.75 Å². The maximum atomic E-state index is 11.5. The number of carbonyl (C=O) groups is 2. The zero-order valence-corrected chi connectivity index (χ0v) is 11.0. The first kappa shape index (κ1) is 13.4. The van der Waals surface area contributed by atoms with Gasteiger partial charge in [-0.1, -0.05) is 12.1 Å². The van der Waals surface area contributed by atoms with E-state index in [1.54, 1.807) is 7.11 Å². The molecule has 5 nitrogen and oxygen atoms in total. The number of ether oxygens (including phenoxy) is 1. The van der Waals surface area contributed by atoms with E-state index < -0.39 is 12.0 Å². The summed E-state index contributed by atoms with van der Waals surface area (Å²) >= 11 is 0. The van der Waals surface area contributed by atoms with Crippen LogP contribution in [0.3, 0.4) is 0 Å². The predicted octanol–water partition coefficient (Wildman–Crippen LogP) is 1.48. The molecular weight excluding hydrogens is 246 g/mol. The molecule has 5 heteroatoms. The fourth-order valence-corrected chi connectivity index (χ4v) is 2.67. The SMILES string of the molecule is COc1cccc([C@@H]2CCN(C(C)=O)[C@H]2C(=O)O)c1. The van der Waals surface area contributed by atoms with Gasteiger partial charge in [-0.05, 0) is 24.1 Å². The quantitative estimate of drug-likeness (QED) is 0.897. The predicted molar refractivity (Wildman–Crippen MR) is 69.2 cm³/mol. The van der Waals surface area contributed by atoms with Gasteiger partial charge in [0.05, 0.1) is 7.11 Å². The Bertz CT molecular complexity index is 500. The molecule has 1 aromatic carbocycles. The number of likely N-dealkylation sites (tertiary alicyclic amines) is 1. The van der Waals surface area contributed by atoms with E-state index >= 15 is 0 Å². The van der Waals surface area contributed by atoms with Crippen LogP contribution in [0.15, 0.2) is 24.3 Å². The van der Waals surface area contributed by atoms with Crippen LogP contribution < -0.4 is 4.74 Å². The Morgan fingerprint density at radius 2 is 2.16 bits per heavy atom.